The molecule has 0 spiro atoms. The van der Waals surface area contributed by atoms with Gasteiger partial charge in [-0.2, -0.15) is 0 Å². The normalized spacial score (nSPS) is 12.3. The highest BCUT2D eigenvalue weighted by molar-refractivity contribution is 6.01. The Morgan fingerprint density at radius 1 is 0.821 bits per heavy atom. The van der Waals surface area contributed by atoms with Crippen LogP contribution in [-0.4, -0.2) is 31.6 Å². The number of hydrogen-bond donors (Lipinski definition) is 0. The minimum absolute atomic E-state index is 0.303. The molecule has 1 aliphatic rings. The fourth-order valence-corrected chi connectivity index (χ4v) is 3.04. The van der Waals surface area contributed by atoms with Gasteiger partial charge in [-0.1, -0.05) is 48.5 Å². The van der Waals surface area contributed by atoms with Crippen molar-refractivity contribution in [1.29, 1.82) is 0 Å². The molecule has 0 fully saturated rings. The Hall–Kier alpha value is -3.60. The Kier molecular flexibility index (Phi) is 5.06. The first-order chi connectivity index (χ1) is 13.7. The van der Waals surface area contributed by atoms with Gasteiger partial charge in [0.05, 0.1) is 5.56 Å². The molecule has 3 aromatic carbocycles. The van der Waals surface area contributed by atoms with Gasteiger partial charge in [-0.15, -0.1) is 0 Å². The molecule has 3 aromatic rings. The van der Waals surface area contributed by atoms with Crippen molar-refractivity contribution < 1.29 is 23.8 Å². The fraction of sp³-hybridized carbons (Fsp3) is 0.130. The number of Topliss-reactive ketones (excluding diaryl/α,β-unsaturated/α-hetero) is 1. The zero-order valence-electron chi connectivity index (χ0n) is 15.1. The minimum Gasteiger partial charge on any atom is -0.486 e. The molecular weight excluding hydrogens is 356 g/mol. The molecule has 0 N–H and O–H groups in total. The Morgan fingerprint density at radius 3 is 2.36 bits per heavy atom. The summed E-state index contributed by atoms with van der Waals surface area (Å²) in [6, 6.07) is 21.7. The predicted octanol–water partition coefficient (Wildman–Crippen LogP) is 4.16. The zero-order valence-corrected chi connectivity index (χ0v) is 15.1. The predicted molar refractivity (Wildman–Crippen MR) is 104 cm³/mol. The van der Waals surface area contributed by atoms with Gasteiger partial charge in [-0.3, -0.25) is 4.79 Å². The first-order valence-corrected chi connectivity index (χ1v) is 8.97. The number of benzene rings is 3. The van der Waals surface area contributed by atoms with Crippen LogP contribution in [0.15, 0.2) is 72.8 Å². The van der Waals surface area contributed by atoms with Crippen molar-refractivity contribution in [2.75, 3.05) is 19.8 Å². The molecule has 0 saturated heterocycles. The Balaban J connectivity index is 1.47. The van der Waals surface area contributed by atoms with Gasteiger partial charge in [0, 0.05) is 5.56 Å². The number of carbonyl (C=O) groups is 2. The van der Waals surface area contributed by atoms with Crippen molar-refractivity contribution in [3.05, 3.63) is 83.9 Å². The number of carbonyl (C=O) groups excluding carboxylic acids is 2. The highest BCUT2D eigenvalue weighted by Crippen LogP contribution is 2.31. The van der Waals surface area contributed by atoms with E-state index < -0.39 is 5.97 Å². The summed E-state index contributed by atoms with van der Waals surface area (Å²) in [4.78, 5) is 25.0. The summed E-state index contributed by atoms with van der Waals surface area (Å²) in [5.41, 5.74) is 2.50. The molecule has 4 rings (SSSR count). The number of ketones is 1. The number of esters is 1. The van der Waals surface area contributed by atoms with Crippen LogP contribution >= 0.6 is 0 Å². The molecule has 140 valence electrons. The van der Waals surface area contributed by atoms with Gasteiger partial charge in [-0.05, 0) is 35.4 Å². The summed E-state index contributed by atoms with van der Waals surface area (Å²) >= 11 is 0. The van der Waals surface area contributed by atoms with Crippen LogP contribution in [0.1, 0.15) is 20.7 Å². The van der Waals surface area contributed by atoms with E-state index in [2.05, 4.69) is 0 Å². The van der Waals surface area contributed by atoms with Crippen LogP contribution in [0, 0.1) is 0 Å². The summed E-state index contributed by atoms with van der Waals surface area (Å²) in [6.45, 7) is 0.580. The lowest BCUT2D eigenvalue weighted by Gasteiger charge is -2.18. The van der Waals surface area contributed by atoms with Crippen LogP contribution in [0.2, 0.25) is 0 Å². The highest BCUT2D eigenvalue weighted by Gasteiger charge is 2.18. The maximum Gasteiger partial charge on any atom is 0.339 e. The van der Waals surface area contributed by atoms with Crippen LogP contribution < -0.4 is 9.47 Å². The van der Waals surface area contributed by atoms with Crippen molar-refractivity contribution >= 4 is 11.8 Å². The smallest absolute Gasteiger partial charge is 0.339 e. The quantitative estimate of drug-likeness (QED) is 0.496. The van der Waals surface area contributed by atoms with Gasteiger partial charge in [-0.25, -0.2) is 4.79 Å². The average molecular weight is 374 g/mol. The lowest BCUT2D eigenvalue weighted by molar-refractivity contribution is 0.0475. The van der Waals surface area contributed by atoms with E-state index in [1.807, 2.05) is 42.5 Å². The van der Waals surface area contributed by atoms with Crippen LogP contribution in [0.3, 0.4) is 0 Å². The summed E-state index contributed by atoms with van der Waals surface area (Å²) in [6.07, 6.45) is 0. The first-order valence-electron chi connectivity index (χ1n) is 8.97. The molecule has 0 bridgehead atoms. The van der Waals surface area contributed by atoms with Crippen LogP contribution in [0.5, 0.6) is 11.5 Å². The topological polar surface area (TPSA) is 61.8 Å². The maximum absolute atomic E-state index is 12.6. The van der Waals surface area contributed by atoms with E-state index in [1.54, 1.807) is 30.3 Å². The van der Waals surface area contributed by atoms with E-state index in [0.717, 1.165) is 11.1 Å². The van der Waals surface area contributed by atoms with Gasteiger partial charge >= 0.3 is 5.97 Å². The molecule has 0 saturated carbocycles. The number of hydrogen-bond acceptors (Lipinski definition) is 5. The molecule has 1 heterocycles. The van der Waals surface area contributed by atoms with E-state index in [0.29, 0.717) is 35.8 Å². The van der Waals surface area contributed by atoms with Crippen molar-refractivity contribution in [2.24, 2.45) is 0 Å². The Labute approximate surface area is 162 Å². The summed E-state index contributed by atoms with van der Waals surface area (Å²) < 4.78 is 16.2. The molecule has 0 aromatic heterocycles. The van der Waals surface area contributed by atoms with Crippen molar-refractivity contribution in [1.82, 2.24) is 0 Å². The third-order valence-corrected chi connectivity index (χ3v) is 4.43. The number of ether oxygens (including phenoxy) is 3. The molecule has 0 amide bonds. The molecule has 5 nitrogen and oxygen atoms in total. The molecule has 5 heteroatoms. The second-order valence-electron chi connectivity index (χ2n) is 6.27. The molecule has 1 aliphatic heterocycles. The maximum atomic E-state index is 12.6. The SMILES string of the molecule is O=C(COC(=O)c1ccccc1-c1ccccc1)c1ccc2c(c1)OCCO2. The van der Waals surface area contributed by atoms with Crippen molar-refractivity contribution in [3.63, 3.8) is 0 Å². The highest BCUT2D eigenvalue weighted by atomic mass is 16.6. The zero-order chi connectivity index (χ0) is 19.3. The fourth-order valence-electron chi connectivity index (χ4n) is 3.04. The lowest BCUT2D eigenvalue weighted by atomic mass is 10.00. The van der Waals surface area contributed by atoms with Crippen LogP contribution in [0.4, 0.5) is 0 Å². The second kappa shape index (κ2) is 7.96. The monoisotopic (exact) mass is 374 g/mol. The van der Waals surface area contributed by atoms with Gasteiger partial charge < -0.3 is 14.2 Å². The van der Waals surface area contributed by atoms with Gasteiger partial charge in [0.1, 0.15) is 13.2 Å². The number of fused-ring (bicyclic) bond motifs is 1. The molecular formula is C23H18O5. The standard InChI is InChI=1S/C23H18O5/c24-20(17-10-11-21-22(14-17)27-13-12-26-21)15-28-23(25)19-9-5-4-8-18(19)16-6-2-1-3-7-16/h1-11,14H,12-13,15H2. The van der Waals surface area contributed by atoms with Gasteiger partial charge in [0.2, 0.25) is 0 Å². The third-order valence-electron chi connectivity index (χ3n) is 4.43. The van der Waals surface area contributed by atoms with Gasteiger partial charge in [0.25, 0.3) is 0 Å². The molecule has 0 radical (unpaired) electrons. The van der Waals surface area contributed by atoms with E-state index in [1.165, 1.54) is 0 Å². The number of rotatable bonds is 5. The first kappa shape index (κ1) is 17.8. The van der Waals surface area contributed by atoms with E-state index in [4.69, 9.17) is 14.2 Å². The molecule has 0 aliphatic carbocycles. The summed E-state index contributed by atoms with van der Waals surface area (Å²) in [5, 5.41) is 0. The largest absolute Gasteiger partial charge is 0.486 e. The third kappa shape index (κ3) is 3.74. The van der Waals surface area contributed by atoms with Gasteiger partial charge in [0.15, 0.2) is 23.9 Å². The van der Waals surface area contributed by atoms with E-state index >= 15 is 0 Å². The second-order valence-corrected chi connectivity index (χ2v) is 6.27. The molecule has 28 heavy (non-hydrogen) atoms. The molecule has 0 unspecified atom stereocenters. The van der Waals surface area contributed by atoms with E-state index in [-0.39, 0.29) is 12.4 Å². The molecule has 0 atom stereocenters. The van der Waals surface area contributed by atoms with Crippen molar-refractivity contribution in [3.8, 4) is 22.6 Å². The average Bonchev–Trinajstić information content (AvgIpc) is 2.77. The summed E-state index contributed by atoms with van der Waals surface area (Å²) in [5.74, 6) is 0.294. The van der Waals surface area contributed by atoms with Crippen molar-refractivity contribution in [2.45, 2.75) is 0 Å². The minimum atomic E-state index is -0.537. The summed E-state index contributed by atoms with van der Waals surface area (Å²) in [7, 11) is 0. The van der Waals surface area contributed by atoms with Crippen LogP contribution in [-0.2, 0) is 4.74 Å². The lowest BCUT2D eigenvalue weighted by Crippen LogP contribution is -2.17. The van der Waals surface area contributed by atoms with E-state index in [9.17, 15) is 9.59 Å². The Bertz CT molecular complexity index is 1010. The Morgan fingerprint density at radius 2 is 1.54 bits per heavy atom. The van der Waals surface area contributed by atoms with Crippen LogP contribution in [0.25, 0.3) is 11.1 Å².